The van der Waals surface area contributed by atoms with Gasteiger partial charge in [-0.25, -0.2) is 4.79 Å². The van der Waals surface area contributed by atoms with Crippen molar-refractivity contribution in [2.75, 3.05) is 26.2 Å². The predicted molar refractivity (Wildman–Crippen MR) is 60.4 cm³/mol. The summed E-state index contributed by atoms with van der Waals surface area (Å²) in [7, 11) is 0. The summed E-state index contributed by atoms with van der Waals surface area (Å²) in [6.45, 7) is 3.95. The van der Waals surface area contributed by atoms with Gasteiger partial charge < -0.3 is 0 Å². The van der Waals surface area contributed by atoms with E-state index in [9.17, 15) is 4.79 Å². The maximum Gasteiger partial charge on any atom is 0.320 e. The maximum absolute atomic E-state index is 11.4. The summed E-state index contributed by atoms with van der Waals surface area (Å²) in [6, 6.07) is 0. The topological polar surface area (TPSA) is 20.3 Å². The molecule has 15 heavy (non-hydrogen) atoms. The van der Waals surface area contributed by atoms with E-state index in [1.54, 1.807) is 0 Å². The number of quaternary nitrogens is 1. The molecule has 0 N–H and O–H groups in total. The van der Waals surface area contributed by atoms with Crippen molar-refractivity contribution >= 4 is 18.0 Å². The zero-order chi connectivity index (χ0) is 10.7. The van der Waals surface area contributed by atoms with Gasteiger partial charge in [-0.05, 0) is 32.1 Å². The first kappa shape index (κ1) is 11.4. The van der Waals surface area contributed by atoms with Crippen molar-refractivity contribution in [3.05, 3.63) is 0 Å². The summed E-state index contributed by atoms with van der Waals surface area (Å²) < 4.78 is 0.573. The Labute approximate surface area is 96.5 Å². The van der Waals surface area contributed by atoms with Gasteiger partial charge >= 0.3 is 6.41 Å². The van der Waals surface area contributed by atoms with Crippen LogP contribution >= 0.6 is 11.6 Å². The van der Waals surface area contributed by atoms with E-state index in [1.807, 2.05) is 0 Å². The molecule has 0 atom stereocenters. The quantitative estimate of drug-likeness (QED) is 0.410. The Bertz CT molecular complexity index is 221. The predicted octanol–water partition coefficient (Wildman–Crippen LogP) is 1.76. The van der Waals surface area contributed by atoms with Crippen LogP contribution in [-0.2, 0) is 4.79 Å². The fourth-order valence-electron chi connectivity index (χ4n) is 2.75. The molecule has 1 amide bonds. The van der Waals surface area contributed by atoms with E-state index < -0.39 is 0 Å². The second-order valence-corrected chi connectivity index (χ2v) is 5.35. The van der Waals surface area contributed by atoms with Crippen molar-refractivity contribution in [3.8, 4) is 0 Å². The molecule has 0 unspecified atom stereocenters. The van der Waals surface area contributed by atoms with Crippen LogP contribution in [0.5, 0.6) is 0 Å². The standard InChI is InChI=1S/C11H20ClN2O/c12-11-4-6-13(7-5-11)14(10-15)8-2-1-3-9-14/h10-11H,1-9H2/q+1. The Morgan fingerprint density at radius 1 is 1.13 bits per heavy atom. The summed E-state index contributed by atoms with van der Waals surface area (Å²) in [5, 5.41) is 2.64. The van der Waals surface area contributed by atoms with Crippen LogP contribution in [0.1, 0.15) is 32.1 Å². The van der Waals surface area contributed by atoms with Gasteiger partial charge in [-0.1, -0.05) is 0 Å². The van der Waals surface area contributed by atoms with Crippen LogP contribution in [0.3, 0.4) is 0 Å². The van der Waals surface area contributed by atoms with E-state index >= 15 is 0 Å². The van der Waals surface area contributed by atoms with Crippen molar-refractivity contribution < 1.29 is 9.39 Å². The highest BCUT2D eigenvalue weighted by atomic mass is 35.5. The molecule has 2 fully saturated rings. The fraction of sp³-hybridized carbons (Fsp3) is 0.909. The molecular formula is C11H20ClN2O+. The highest BCUT2D eigenvalue weighted by Gasteiger charge is 2.38. The first-order valence-electron chi connectivity index (χ1n) is 5.99. The Morgan fingerprint density at radius 2 is 1.73 bits per heavy atom. The van der Waals surface area contributed by atoms with E-state index in [-0.39, 0.29) is 0 Å². The van der Waals surface area contributed by atoms with E-state index in [2.05, 4.69) is 5.01 Å². The summed E-state index contributed by atoms with van der Waals surface area (Å²) in [5.41, 5.74) is 0. The third-order valence-corrected chi connectivity index (χ3v) is 4.19. The van der Waals surface area contributed by atoms with Gasteiger partial charge in [0.1, 0.15) is 13.1 Å². The van der Waals surface area contributed by atoms with E-state index in [0.717, 1.165) is 45.4 Å². The summed E-state index contributed by atoms with van der Waals surface area (Å²) in [6.07, 6.45) is 6.83. The Balaban J connectivity index is 2.01. The maximum atomic E-state index is 11.4. The summed E-state index contributed by atoms with van der Waals surface area (Å²) in [5.74, 6) is 0. The monoisotopic (exact) mass is 231 g/mol. The second kappa shape index (κ2) is 4.81. The summed E-state index contributed by atoms with van der Waals surface area (Å²) >= 11 is 6.09. The van der Waals surface area contributed by atoms with Crippen LogP contribution in [0, 0.1) is 0 Å². The van der Waals surface area contributed by atoms with Crippen LogP contribution in [-0.4, -0.2) is 47.6 Å². The Morgan fingerprint density at radius 3 is 2.27 bits per heavy atom. The zero-order valence-electron chi connectivity index (χ0n) is 9.20. The number of rotatable bonds is 2. The molecule has 0 radical (unpaired) electrons. The molecule has 0 saturated carbocycles. The van der Waals surface area contributed by atoms with Crippen LogP contribution < -0.4 is 0 Å². The Hall–Kier alpha value is -0.120. The minimum atomic E-state index is 0.317. The average Bonchev–Trinajstić information content (AvgIpc) is 2.31. The van der Waals surface area contributed by atoms with Gasteiger partial charge in [-0.2, -0.15) is 4.59 Å². The molecule has 2 rings (SSSR count). The number of nitrogens with zero attached hydrogens (tertiary/aromatic N) is 2. The number of piperidine rings is 2. The minimum absolute atomic E-state index is 0.317. The lowest BCUT2D eigenvalue weighted by Gasteiger charge is -2.45. The van der Waals surface area contributed by atoms with Gasteiger partial charge in [-0.3, -0.25) is 0 Å². The highest BCUT2D eigenvalue weighted by Crippen LogP contribution is 2.25. The van der Waals surface area contributed by atoms with E-state index in [4.69, 9.17) is 11.6 Å². The molecule has 2 saturated heterocycles. The number of amides is 1. The molecule has 0 aliphatic carbocycles. The van der Waals surface area contributed by atoms with Gasteiger partial charge in [0.25, 0.3) is 0 Å². The number of carbonyl (C=O) groups is 1. The lowest BCUT2D eigenvalue weighted by molar-refractivity contribution is -0.966. The molecule has 2 aliphatic heterocycles. The smallest absolute Gasteiger partial charge is 0.232 e. The van der Waals surface area contributed by atoms with Gasteiger partial charge in [-0.15, -0.1) is 16.6 Å². The first-order valence-corrected chi connectivity index (χ1v) is 6.43. The van der Waals surface area contributed by atoms with E-state index in [0.29, 0.717) is 9.97 Å². The first-order chi connectivity index (χ1) is 7.27. The molecule has 0 aromatic rings. The normalized spacial score (nSPS) is 28.9. The van der Waals surface area contributed by atoms with Crippen molar-refractivity contribution in [3.63, 3.8) is 0 Å². The average molecular weight is 232 g/mol. The molecule has 0 spiro atoms. The summed E-state index contributed by atoms with van der Waals surface area (Å²) in [4.78, 5) is 11.4. The van der Waals surface area contributed by atoms with Gasteiger partial charge in [0.2, 0.25) is 0 Å². The minimum Gasteiger partial charge on any atom is -0.232 e. The molecule has 0 bridgehead atoms. The molecule has 2 aliphatic rings. The van der Waals surface area contributed by atoms with Crippen LogP contribution in [0.25, 0.3) is 0 Å². The van der Waals surface area contributed by atoms with Crippen LogP contribution in [0.2, 0.25) is 0 Å². The molecule has 0 aromatic heterocycles. The number of hydrogen-bond acceptors (Lipinski definition) is 2. The highest BCUT2D eigenvalue weighted by molar-refractivity contribution is 6.20. The molecule has 4 heteroatoms. The number of halogens is 1. The molecule has 2 heterocycles. The van der Waals surface area contributed by atoms with E-state index in [1.165, 1.54) is 19.3 Å². The zero-order valence-corrected chi connectivity index (χ0v) is 9.96. The largest absolute Gasteiger partial charge is 0.320 e. The lowest BCUT2D eigenvalue weighted by Crippen LogP contribution is -2.63. The second-order valence-electron chi connectivity index (χ2n) is 4.73. The number of alkyl halides is 1. The molecular weight excluding hydrogens is 212 g/mol. The fourth-order valence-corrected chi connectivity index (χ4v) is 2.94. The van der Waals surface area contributed by atoms with Gasteiger partial charge in [0, 0.05) is 18.5 Å². The SMILES string of the molecule is O=C[N+]1(N2CCC(Cl)CC2)CCCCC1. The van der Waals surface area contributed by atoms with Crippen molar-refractivity contribution in [1.29, 1.82) is 0 Å². The van der Waals surface area contributed by atoms with Crippen molar-refractivity contribution in [1.82, 2.24) is 5.01 Å². The van der Waals surface area contributed by atoms with Crippen molar-refractivity contribution in [2.45, 2.75) is 37.5 Å². The molecule has 3 nitrogen and oxygen atoms in total. The third-order valence-electron chi connectivity index (χ3n) is 3.75. The number of carbonyl (C=O) groups excluding carboxylic acids is 1. The van der Waals surface area contributed by atoms with Gasteiger partial charge in [0.05, 0.1) is 0 Å². The number of likely N-dealkylation sites (tertiary alicyclic amines) is 1. The lowest BCUT2D eigenvalue weighted by atomic mass is 10.1. The van der Waals surface area contributed by atoms with Crippen LogP contribution in [0.4, 0.5) is 0 Å². The Kier molecular flexibility index (Phi) is 3.65. The molecule has 86 valence electrons. The molecule has 0 aromatic carbocycles. The number of hydrogen-bond donors (Lipinski definition) is 0. The van der Waals surface area contributed by atoms with Crippen molar-refractivity contribution in [2.24, 2.45) is 0 Å². The third kappa shape index (κ3) is 2.35. The van der Waals surface area contributed by atoms with Gasteiger partial charge in [0.15, 0.2) is 0 Å². The van der Waals surface area contributed by atoms with Crippen LogP contribution in [0.15, 0.2) is 0 Å².